The van der Waals surface area contributed by atoms with Gasteiger partial charge in [0.15, 0.2) is 0 Å². The first-order valence-electron chi connectivity index (χ1n) is 7.87. The number of phenols is 1. The van der Waals surface area contributed by atoms with Crippen LogP contribution in [0.2, 0.25) is 0 Å². The van der Waals surface area contributed by atoms with Crippen LogP contribution in [-0.4, -0.2) is 21.8 Å². The van der Waals surface area contributed by atoms with E-state index in [0.717, 1.165) is 16.9 Å². The molecule has 24 heavy (non-hydrogen) atoms. The first-order valence-corrected chi connectivity index (χ1v) is 7.87. The highest BCUT2D eigenvalue weighted by atomic mass is 16.5. The molecule has 0 aliphatic carbocycles. The van der Waals surface area contributed by atoms with E-state index in [9.17, 15) is 15.0 Å². The third kappa shape index (κ3) is 3.88. The summed E-state index contributed by atoms with van der Waals surface area (Å²) in [5.74, 6) is -0.575. The molecule has 0 heterocycles. The van der Waals surface area contributed by atoms with Gasteiger partial charge in [0.2, 0.25) is 0 Å². The van der Waals surface area contributed by atoms with Gasteiger partial charge in [0.1, 0.15) is 22.7 Å². The molecule has 2 N–H and O–H groups in total. The molecular formula is C20H24O4. The second kappa shape index (κ2) is 6.19. The zero-order chi connectivity index (χ0) is 18.1. The predicted molar refractivity (Wildman–Crippen MR) is 94.0 cm³/mol. The Bertz CT molecular complexity index is 737. The molecule has 4 nitrogen and oxygen atoms in total. The number of carboxylic acids is 1. The molecule has 2 aromatic rings. The van der Waals surface area contributed by atoms with Crippen LogP contribution in [0.5, 0.6) is 11.5 Å². The highest BCUT2D eigenvalue weighted by molar-refractivity contribution is 5.91. The van der Waals surface area contributed by atoms with Gasteiger partial charge in [0, 0.05) is 5.41 Å². The topological polar surface area (TPSA) is 66.8 Å². The van der Waals surface area contributed by atoms with Crippen molar-refractivity contribution in [2.45, 2.75) is 45.6 Å². The summed E-state index contributed by atoms with van der Waals surface area (Å²) in [7, 11) is 0. The summed E-state index contributed by atoms with van der Waals surface area (Å²) in [5, 5.41) is 18.9. The molecule has 0 aliphatic rings. The number of benzene rings is 2. The largest absolute Gasteiger partial charge is 0.507 e. The van der Waals surface area contributed by atoms with E-state index in [4.69, 9.17) is 4.74 Å². The average molecular weight is 328 g/mol. The molecular weight excluding hydrogens is 304 g/mol. The van der Waals surface area contributed by atoms with Gasteiger partial charge in [-0.3, -0.25) is 0 Å². The minimum absolute atomic E-state index is 0.0896. The van der Waals surface area contributed by atoms with Crippen molar-refractivity contribution in [2.75, 3.05) is 0 Å². The van der Waals surface area contributed by atoms with E-state index in [1.807, 2.05) is 58.9 Å². The smallest absolute Gasteiger partial charge is 0.339 e. The van der Waals surface area contributed by atoms with Crippen molar-refractivity contribution in [3.63, 3.8) is 0 Å². The summed E-state index contributed by atoms with van der Waals surface area (Å²) in [6.45, 7) is 10.0. The van der Waals surface area contributed by atoms with Gasteiger partial charge in [-0.1, -0.05) is 32.0 Å². The summed E-state index contributed by atoms with van der Waals surface area (Å²) < 4.78 is 5.83. The lowest BCUT2D eigenvalue weighted by molar-refractivity contribution is 0.0693. The van der Waals surface area contributed by atoms with Gasteiger partial charge in [-0.15, -0.1) is 0 Å². The number of rotatable bonds is 4. The molecule has 0 saturated carbocycles. The molecule has 0 aromatic heterocycles. The normalized spacial score (nSPS) is 12.0. The van der Waals surface area contributed by atoms with Gasteiger partial charge < -0.3 is 14.9 Å². The van der Waals surface area contributed by atoms with Crippen LogP contribution in [0.25, 0.3) is 0 Å². The van der Waals surface area contributed by atoms with E-state index in [1.54, 1.807) is 6.07 Å². The summed E-state index contributed by atoms with van der Waals surface area (Å²) in [5.41, 5.74) is 1.10. The zero-order valence-electron chi connectivity index (χ0n) is 14.8. The standard InChI is InChI=1S/C20H24O4/c1-19(2,3)24-15-9-6-13(7-10-15)20(4,5)14-8-11-17(21)16(12-14)18(22)23/h6-12,21H,1-5H3,(H,22,23). The van der Waals surface area contributed by atoms with Crippen LogP contribution in [0.4, 0.5) is 0 Å². The third-order valence-corrected chi connectivity index (χ3v) is 3.95. The average Bonchev–Trinajstić information content (AvgIpc) is 2.46. The second-order valence-corrected chi connectivity index (χ2v) is 7.40. The van der Waals surface area contributed by atoms with Gasteiger partial charge in [-0.2, -0.15) is 0 Å². The van der Waals surface area contributed by atoms with Crippen molar-refractivity contribution >= 4 is 5.97 Å². The Morgan fingerprint density at radius 3 is 1.96 bits per heavy atom. The molecule has 0 aliphatic heterocycles. The lowest BCUT2D eigenvalue weighted by Crippen LogP contribution is -2.23. The molecule has 0 fully saturated rings. The maximum absolute atomic E-state index is 11.2. The van der Waals surface area contributed by atoms with E-state index in [1.165, 1.54) is 12.1 Å². The fraction of sp³-hybridized carbons (Fsp3) is 0.350. The van der Waals surface area contributed by atoms with Gasteiger partial charge in [-0.25, -0.2) is 4.79 Å². The van der Waals surface area contributed by atoms with Crippen LogP contribution in [0.1, 0.15) is 56.1 Å². The van der Waals surface area contributed by atoms with Crippen LogP contribution < -0.4 is 4.74 Å². The summed E-state index contributed by atoms with van der Waals surface area (Å²) in [6, 6.07) is 12.5. The predicted octanol–water partition coefficient (Wildman–Crippen LogP) is 4.59. The van der Waals surface area contributed by atoms with Gasteiger partial charge in [-0.05, 0) is 56.2 Å². The Balaban J connectivity index is 2.36. The van der Waals surface area contributed by atoms with Crippen LogP contribution in [-0.2, 0) is 5.41 Å². The summed E-state index contributed by atoms with van der Waals surface area (Å²) in [6.07, 6.45) is 0. The fourth-order valence-corrected chi connectivity index (χ4v) is 2.56. The van der Waals surface area contributed by atoms with Crippen LogP contribution >= 0.6 is 0 Å². The lowest BCUT2D eigenvalue weighted by Gasteiger charge is -2.27. The molecule has 2 aromatic carbocycles. The van der Waals surface area contributed by atoms with Gasteiger partial charge >= 0.3 is 5.97 Å². The Hall–Kier alpha value is -2.49. The Kier molecular flexibility index (Phi) is 4.61. The summed E-state index contributed by atoms with van der Waals surface area (Å²) in [4.78, 5) is 11.2. The Morgan fingerprint density at radius 1 is 0.917 bits per heavy atom. The molecule has 4 heteroatoms. The molecule has 0 atom stereocenters. The first kappa shape index (κ1) is 17.9. The molecule has 2 rings (SSSR count). The van der Waals surface area contributed by atoms with E-state index < -0.39 is 11.4 Å². The van der Waals surface area contributed by atoms with Crippen molar-refractivity contribution in [3.8, 4) is 11.5 Å². The number of ether oxygens (including phenoxy) is 1. The maximum Gasteiger partial charge on any atom is 0.339 e. The van der Waals surface area contributed by atoms with E-state index in [2.05, 4.69) is 0 Å². The molecule has 0 unspecified atom stereocenters. The number of hydrogen-bond acceptors (Lipinski definition) is 3. The number of carbonyl (C=O) groups is 1. The molecule has 0 spiro atoms. The van der Waals surface area contributed by atoms with Crippen molar-refractivity contribution in [1.82, 2.24) is 0 Å². The lowest BCUT2D eigenvalue weighted by atomic mass is 9.77. The highest BCUT2D eigenvalue weighted by Gasteiger charge is 2.25. The Morgan fingerprint density at radius 2 is 1.46 bits per heavy atom. The summed E-state index contributed by atoms with van der Waals surface area (Å²) >= 11 is 0. The number of hydrogen-bond donors (Lipinski definition) is 2. The van der Waals surface area contributed by atoms with Crippen LogP contribution in [0.15, 0.2) is 42.5 Å². The second-order valence-electron chi connectivity index (χ2n) is 7.40. The SMILES string of the molecule is CC(C)(C)Oc1ccc(C(C)(C)c2ccc(O)c(C(=O)O)c2)cc1. The van der Waals surface area contributed by atoms with Crippen molar-refractivity contribution in [1.29, 1.82) is 0 Å². The van der Waals surface area contributed by atoms with Crippen LogP contribution in [0.3, 0.4) is 0 Å². The van der Waals surface area contributed by atoms with Crippen molar-refractivity contribution in [3.05, 3.63) is 59.2 Å². The van der Waals surface area contributed by atoms with Crippen LogP contribution in [0, 0.1) is 0 Å². The minimum Gasteiger partial charge on any atom is -0.507 e. The van der Waals surface area contributed by atoms with Crippen molar-refractivity contribution in [2.24, 2.45) is 0 Å². The van der Waals surface area contributed by atoms with E-state index >= 15 is 0 Å². The quantitative estimate of drug-likeness (QED) is 0.861. The molecule has 0 saturated heterocycles. The van der Waals surface area contributed by atoms with E-state index in [-0.39, 0.29) is 16.9 Å². The van der Waals surface area contributed by atoms with E-state index in [0.29, 0.717) is 0 Å². The fourth-order valence-electron chi connectivity index (χ4n) is 2.56. The molecule has 0 bridgehead atoms. The highest BCUT2D eigenvalue weighted by Crippen LogP contribution is 2.35. The maximum atomic E-state index is 11.2. The number of carboxylic acid groups (broad SMARTS) is 1. The zero-order valence-corrected chi connectivity index (χ0v) is 14.8. The minimum atomic E-state index is -1.14. The van der Waals surface area contributed by atoms with Gasteiger partial charge in [0.25, 0.3) is 0 Å². The monoisotopic (exact) mass is 328 g/mol. The number of aromatic carboxylic acids is 1. The third-order valence-electron chi connectivity index (χ3n) is 3.95. The molecule has 128 valence electrons. The molecule has 0 amide bonds. The van der Waals surface area contributed by atoms with Gasteiger partial charge in [0.05, 0.1) is 0 Å². The molecule has 0 radical (unpaired) electrons. The Labute approximate surface area is 142 Å². The number of aromatic hydroxyl groups is 1. The first-order chi connectivity index (χ1) is 11.0. The van der Waals surface area contributed by atoms with Crippen molar-refractivity contribution < 1.29 is 19.7 Å².